The molecule has 0 aliphatic carbocycles. The quantitative estimate of drug-likeness (QED) is 0.523. The molecule has 2 unspecified atom stereocenters. The molecule has 7 heteroatoms. The first-order chi connectivity index (χ1) is 8.42. The van der Waals surface area contributed by atoms with E-state index in [2.05, 4.69) is 15.7 Å². The summed E-state index contributed by atoms with van der Waals surface area (Å²) in [7, 11) is -0.938. The second kappa shape index (κ2) is 6.46. The van der Waals surface area contributed by atoms with Crippen molar-refractivity contribution in [2.24, 2.45) is 5.84 Å². The standard InChI is InChI=1S/C11H18N4O2S/c1-7-4-9(5-10(13-7)15-12)11(16)14-8(2)6-18(3)17/h4-5,8H,6,12H2,1-3H3,(H,13,15)(H,14,16). The van der Waals surface area contributed by atoms with E-state index < -0.39 is 10.8 Å². The Morgan fingerprint density at radius 1 is 1.56 bits per heavy atom. The van der Waals surface area contributed by atoms with Crippen molar-refractivity contribution in [1.82, 2.24) is 10.3 Å². The molecule has 0 aromatic carbocycles. The fraction of sp³-hybridized carbons (Fsp3) is 0.455. The number of nitrogens with one attached hydrogen (secondary N) is 2. The fourth-order valence-electron chi connectivity index (χ4n) is 1.57. The van der Waals surface area contributed by atoms with Gasteiger partial charge in [0.2, 0.25) is 0 Å². The van der Waals surface area contributed by atoms with Crippen LogP contribution in [-0.2, 0) is 10.8 Å². The van der Waals surface area contributed by atoms with Crippen LogP contribution in [0.4, 0.5) is 5.82 Å². The third kappa shape index (κ3) is 4.42. The second-order valence-corrected chi connectivity index (χ2v) is 5.62. The van der Waals surface area contributed by atoms with E-state index in [0.29, 0.717) is 22.8 Å². The molecule has 0 bridgehead atoms. The predicted molar refractivity (Wildman–Crippen MR) is 72.6 cm³/mol. The van der Waals surface area contributed by atoms with Crippen molar-refractivity contribution in [3.8, 4) is 0 Å². The predicted octanol–water partition coefficient (Wildman–Crippen LogP) is 0.172. The van der Waals surface area contributed by atoms with Gasteiger partial charge in [-0.2, -0.15) is 0 Å². The van der Waals surface area contributed by atoms with Gasteiger partial charge in [-0.15, -0.1) is 0 Å². The van der Waals surface area contributed by atoms with Crippen LogP contribution in [0.1, 0.15) is 23.0 Å². The summed E-state index contributed by atoms with van der Waals surface area (Å²) in [5.74, 6) is 5.91. The zero-order chi connectivity index (χ0) is 13.7. The average molecular weight is 270 g/mol. The van der Waals surface area contributed by atoms with Crippen LogP contribution in [-0.4, -0.2) is 33.2 Å². The number of nitrogens with two attached hydrogens (primary N) is 1. The topological polar surface area (TPSA) is 97.1 Å². The Kier molecular flexibility index (Phi) is 5.24. The summed E-state index contributed by atoms with van der Waals surface area (Å²) in [6.07, 6.45) is 1.61. The van der Waals surface area contributed by atoms with Gasteiger partial charge in [-0.25, -0.2) is 10.8 Å². The van der Waals surface area contributed by atoms with Gasteiger partial charge in [0.05, 0.1) is 0 Å². The summed E-state index contributed by atoms with van der Waals surface area (Å²) in [6, 6.07) is 3.09. The van der Waals surface area contributed by atoms with Crippen molar-refractivity contribution in [2.75, 3.05) is 17.4 Å². The largest absolute Gasteiger partial charge is 0.349 e. The van der Waals surface area contributed by atoms with Gasteiger partial charge < -0.3 is 10.7 Å². The summed E-state index contributed by atoms with van der Waals surface area (Å²) in [5, 5.41) is 2.78. The van der Waals surface area contributed by atoms with Crippen LogP contribution in [0.15, 0.2) is 12.1 Å². The van der Waals surface area contributed by atoms with Crippen LogP contribution in [0.2, 0.25) is 0 Å². The number of pyridine rings is 1. The molecule has 6 nitrogen and oxygen atoms in total. The Balaban J connectivity index is 2.77. The fourth-order valence-corrected chi connectivity index (χ4v) is 2.36. The lowest BCUT2D eigenvalue weighted by atomic mass is 10.2. The third-order valence-corrected chi connectivity index (χ3v) is 3.20. The van der Waals surface area contributed by atoms with Gasteiger partial charge in [0.15, 0.2) is 0 Å². The highest BCUT2D eigenvalue weighted by molar-refractivity contribution is 7.84. The highest BCUT2D eigenvalue weighted by atomic mass is 32.2. The van der Waals surface area contributed by atoms with Crippen molar-refractivity contribution in [1.29, 1.82) is 0 Å². The molecule has 1 amide bonds. The molecule has 0 spiro atoms. The second-order valence-electron chi connectivity index (χ2n) is 4.14. The molecule has 100 valence electrons. The Bertz CT molecular complexity index is 464. The number of hydrogen-bond donors (Lipinski definition) is 3. The third-order valence-electron chi connectivity index (χ3n) is 2.23. The highest BCUT2D eigenvalue weighted by Crippen LogP contribution is 2.09. The summed E-state index contributed by atoms with van der Waals surface area (Å²) >= 11 is 0. The maximum absolute atomic E-state index is 12.0. The molecule has 0 fully saturated rings. The first kappa shape index (κ1) is 14.6. The first-order valence-electron chi connectivity index (χ1n) is 5.48. The maximum atomic E-state index is 12.0. The molecule has 2 atom stereocenters. The molecule has 0 aliphatic heterocycles. The number of aryl methyl sites for hydroxylation is 1. The normalized spacial score (nSPS) is 13.8. The van der Waals surface area contributed by atoms with Crippen LogP contribution >= 0.6 is 0 Å². The molecule has 1 aromatic rings. The lowest BCUT2D eigenvalue weighted by molar-refractivity contribution is 0.0943. The summed E-state index contributed by atoms with van der Waals surface area (Å²) in [4.78, 5) is 16.0. The smallest absolute Gasteiger partial charge is 0.251 e. The van der Waals surface area contributed by atoms with Gasteiger partial charge in [-0.05, 0) is 26.0 Å². The number of hydrazine groups is 1. The van der Waals surface area contributed by atoms with Crippen LogP contribution in [0.5, 0.6) is 0 Å². The van der Waals surface area contributed by atoms with E-state index in [-0.39, 0.29) is 11.9 Å². The summed E-state index contributed by atoms with van der Waals surface area (Å²) in [5.41, 5.74) is 3.58. The zero-order valence-electron chi connectivity index (χ0n) is 10.7. The SMILES string of the molecule is Cc1cc(C(=O)NC(C)CS(C)=O)cc(NN)n1. The van der Waals surface area contributed by atoms with E-state index in [4.69, 9.17) is 5.84 Å². The number of carbonyl (C=O) groups excluding carboxylic acids is 1. The average Bonchev–Trinajstić information content (AvgIpc) is 2.26. The molecular weight excluding hydrogens is 252 g/mol. The molecule has 0 radical (unpaired) electrons. The summed E-state index contributed by atoms with van der Waals surface area (Å²) < 4.78 is 11.1. The van der Waals surface area contributed by atoms with E-state index in [1.807, 2.05) is 6.92 Å². The van der Waals surface area contributed by atoms with Gasteiger partial charge in [0, 0.05) is 40.1 Å². The molecule has 1 aromatic heterocycles. The molecule has 0 saturated heterocycles. The number of hydrogen-bond acceptors (Lipinski definition) is 5. The van der Waals surface area contributed by atoms with Crippen LogP contribution in [0, 0.1) is 6.92 Å². The lowest BCUT2D eigenvalue weighted by Gasteiger charge is -2.13. The maximum Gasteiger partial charge on any atom is 0.251 e. The van der Waals surface area contributed by atoms with Gasteiger partial charge in [-0.3, -0.25) is 9.00 Å². The van der Waals surface area contributed by atoms with E-state index in [1.54, 1.807) is 25.3 Å². The lowest BCUT2D eigenvalue weighted by Crippen LogP contribution is -2.36. The van der Waals surface area contributed by atoms with Gasteiger partial charge in [0.25, 0.3) is 5.91 Å². The van der Waals surface area contributed by atoms with Crippen molar-refractivity contribution >= 4 is 22.5 Å². The number of rotatable bonds is 5. The van der Waals surface area contributed by atoms with Crippen molar-refractivity contribution < 1.29 is 9.00 Å². The highest BCUT2D eigenvalue weighted by Gasteiger charge is 2.12. The molecule has 1 rings (SSSR count). The number of amides is 1. The van der Waals surface area contributed by atoms with Crippen molar-refractivity contribution in [2.45, 2.75) is 19.9 Å². The molecule has 0 saturated carbocycles. The van der Waals surface area contributed by atoms with Crippen molar-refractivity contribution in [3.63, 3.8) is 0 Å². The van der Waals surface area contributed by atoms with Crippen LogP contribution in [0.25, 0.3) is 0 Å². The van der Waals surface area contributed by atoms with Crippen molar-refractivity contribution in [3.05, 3.63) is 23.4 Å². The minimum absolute atomic E-state index is 0.147. The number of aromatic nitrogens is 1. The van der Waals surface area contributed by atoms with E-state index >= 15 is 0 Å². The number of nitrogen functional groups attached to an aromatic ring is 1. The Morgan fingerprint density at radius 2 is 2.22 bits per heavy atom. The molecule has 4 N–H and O–H groups in total. The monoisotopic (exact) mass is 270 g/mol. The zero-order valence-corrected chi connectivity index (χ0v) is 11.5. The molecule has 1 heterocycles. The minimum Gasteiger partial charge on any atom is -0.349 e. The van der Waals surface area contributed by atoms with Crippen LogP contribution < -0.4 is 16.6 Å². The van der Waals surface area contributed by atoms with Gasteiger partial charge >= 0.3 is 0 Å². The van der Waals surface area contributed by atoms with E-state index in [9.17, 15) is 9.00 Å². The Labute approximate surface area is 109 Å². The first-order valence-corrected chi connectivity index (χ1v) is 7.21. The number of carbonyl (C=O) groups is 1. The van der Waals surface area contributed by atoms with E-state index in [1.165, 1.54) is 0 Å². The Morgan fingerprint density at radius 3 is 2.78 bits per heavy atom. The molecule has 0 aliphatic rings. The number of anilines is 1. The van der Waals surface area contributed by atoms with Gasteiger partial charge in [0.1, 0.15) is 5.82 Å². The minimum atomic E-state index is -0.938. The molecular formula is C11H18N4O2S. The van der Waals surface area contributed by atoms with Crippen LogP contribution in [0.3, 0.4) is 0 Å². The van der Waals surface area contributed by atoms with Gasteiger partial charge in [-0.1, -0.05) is 0 Å². The summed E-state index contributed by atoms with van der Waals surface area (Å²) in [6.45, 7) is 3.59. The molecule has 18 heavy (non-hydrogen) atoms. The number of nitrogens with zero attached hydrogens (tertiary/aromatic N) is 1. The van der Waals surface area contributed by atoms with E-state index in [0.717, 1.165) is 0 Å². The Hall–Kier alpha value is -1.47.